The third kappa shape index (κ3) is 2.02. The molecule has 0 atom stereocenters. The average molecular weight is 165 g/mol. The van der Waals surface area contributed by atoms with Crippen molar-refractivity contribution in [1.29, 1.82) is 0 Å². The molecular formula is C9H11NS. The Morgan fingerprint density at radius 1 is 1.55 bits per heavy atom. The third-order valence-electron chi connectivity index (χ3n) is 1.47. The maximum absolute atomic E-state index is 4.26. The Labute approximate surface area is 72.5 Å². The van der Waals surface area contributed by atoms with Crippen molar-refractivity contribution in [2.24, 2.45) is 0 Å². The number of anilines is 1. The summed E-state index contributed by atoms with van der Waals surface area (Å²) in [6.45, 7) is 5.60. The molecule has 0 saturated carbocycles. The third-order valence-corrected chi connectivity index (χ3v) is 1.97. The normalized spacial score (nSPS) is 9.27. The fraction of sp³-hybridized carbons (Fsp3) is 0.111. The summed E-state index contributed by atoms with van der Waals surface area (Å²) in [6, 6.07) is 5.96. The lowest BCUT2D eigenvalue weighted by Crippen LogP contribution is -1.86. The lowest BCUT2D eigenvalue weighted by atomic mass is 10.2. The molecule has 1 nitrogen and oxygen atoms in total. The number of rotatable bonds is 2. The zero-order chi connectivity index (χ0) is 8.27. The summed E-state index contributed by atoms with van der Waals surface area (Å²) in [4.78, 5) is 1.01. The van der Waals surface area contributed by atoms with Crippen molar-refractivity contribution in [2.45, 2.75) is 11.8 Å². The van der Waals surface area contributed by atoms with E-state index >= 15 is 0 Å². The molecule has 0 saturated heterocycles. The molecule has 1 rings (SSSR count). The van der Waals surface area contributed by atoms with Crippen molar-refractivity contribution in [3.05, 3.63) is 36.5 Å². The molecule has 1 N–H and O–H groups in total. The first-order valence-corrected chi connectivity index (χ1v) is 3.86. The molecule has 0 unspecified atom stereocenters. The molecule has 11 heavy (non-hydrogen) atoms. The van der Waals surface area contributed by atoms with Gasteiger partial charge in [-0.25, -0.2) is 0 Å². The number of benzene rings is 1. The Morgan fingerprint density at radius 3 is 2.82 bits per heavy atom. The van der Waals surface area contributed by atoms with E-state index in [4.69, 9.17) is 0 Å². The van der Waals surface area contributed by atoms with Gasteiger partial charge in [0.25, 0.3) is 0 Å². The zero-order valence-electron chi connectivity index (χ0n) is 6.46. The highest BCUT2D eigenvalue weighted by atomic mass is 32.1. The van der Waals surface area contributed by atoms with Gasteiger partial charge in [-0.2, -0.15) is 0 Å². The van der Waals surface area contributed by atoms with E-state index in [0.717, 1.165) is 10.6 Å². The van der Waals surface area contributed by atoms with E-state index in [1.807, 2.05) is 25.1 Å². The molecule has 1 aromatic carbocycles. The summed E-state index contributed by atoms with van der Waals surface area (Å²) >= 11 is 4.26. The Hall–Kier alpha value is -0.890. The minimum atomic E-state index is 1.01. The second-order valence-electron chi connectivity index (χ2n) is 2.35. The van der Waals surface area contributed by atoms with Gasteiger partial charge < -0.3 is 5.32 Å². The molecule has 0 aliphatic carbocycles. The van der Waals surface area contributed by atoms with Gasteiger partial charge in [0.15, 0.2) is 0 Å². The van der Waals surface area contributed by atoms with E-state index in [1.165, 1.54) is 5.56 Å². The molecule has 0 aliphatic rings. The highest BCUT2D eigenvalue weighted by Gasteiger charge is 1.93. The van der Waals surface area contributed by atoms with Crippen LogP contribution in [0.4, 0.5) is 5.69 Å². The summed E-state index contributed by atoms with van der Waals surface area (Å²) in [5, 5.41) is 3.01. The lowest BCUT2D eigenvalue weighted by Gasteiger charge is -2.02. The SMILES string of the molecule is C=CNc1ccc(S)c(C)c1. The van der Waals surface area contributed by atoms with Gasteiger partial charge in [0.05, 0.1) is 0 Å². The Bertz CT molecular complexity index is 268. The first-order chi connectivity index (χ1) is 5.24. The smallest absolute Gasteiger partial charge is 0.0382 e. The van der Waals surface area contributed by atoms with Gasteiger partial charge in [-0.05, 0) is 36.9 Å². The van der Waals surface area contributed by atoms with E-state index in [9.17, 15) is 0 Å². The van der Waals surface area contributed by atoms with Gasteiger partial charge in [-0.3, -0.25) is 0 Å². The number of nitrogens with one attached hydrogen (secondary N) is 1. The van der Waals surface area contributed by atoms with Crippen molar-refractivity contribution in [1.82, 2.24) is 0 Å². The quantitative estimate of drug-likeness (QED) is 0.642. The number of aryl methyl sites for hydroxylation is 1. The number of hydrogen-bond donors (Lipinski definition) is 2. The Balaban J connectivity index is 2.95. The largest absolute Gasteiger partial charge is 0.362 e. The fourth-order valence-corrected chi connectivity index (χ4v) is 1.00. The molecule has 0 radical (unpaired) electrons. The van der Waals surface area contributed by atoms with Gasteiger partial charge >= 0.3 is 0 Å². The minimum Gasteiger partial charge on any atom is -0.362 e. The van der Waals surface area contributed by atoms with Crippen molar-refractivity contribution < 1.29 is 0 Å². The van der Waals surface area contributed by atoms with Crippen molar-refractivity contribution in [2.75, 3.05) is 5.32 Å². The lowest BCUT2D eigenvalue weighted by molar-refractivity contribution is 1.31. The molecule has 0 amide bonds. The van der Waals surface area contributed by atoms with Gasteiger partial charge in [-0.1, -0.05) is 6.58 Å². The maximum Gasteiger partial charge on any atom is 0.0382 e. The summed E-state index contributed by atoms with van der Waals surface area (Å²) < 4.78 is 0. The van der Waals surface area contributed by atoms with Crippen LogP contribution in [0.25, 0.3) is 0 Å². The molecule has 1 aromatic rings. The van der Waals surface area contributed by atoms with Gasteiger partial charge in [0.1, 0.15) is 0 Å². The summed E-state index contributed by atoms with van der Waals surface area (Å²) in [5.41, 5.74) is 2.22. The molecule has 0 bridgehead atoms. The Kier molecular flexibility index (Phi) is 2.60. The van der Waals surface area contributed by atoms with Crippen LogP contribution in [-0.4, -0.2) is 0 Å². The van der Waals surface area contributed by atoms with E-state index < -0.39 is 0 Å². The van der Waals surface area contributed by atoms with Crippen LogP contribution in [0.2, 0.25) is 0 Å². The molecule has 0 aliphatic heterocycles. The molecule has 0 aromatic heterocycles. The highest BCUT2D eigenvalue weighted by molar-refractivity contribution is 7.80. The van der Waals surface area contributed by atoms with Gasteiger partial charge in [0, 0.05) is 10.6 Å². The highest BCUT2D eigenvalue weighted by Crippen LogP contribution is 2.17. The number of thiol groups is 1. The van der Waals surface area contributed by atoms with Gasteiger partial charge in [0.2, 0.25) is 0 Å². The number of hydrogen-bond acceptors (Lipinski definition) is 2. The van der Waals surface area contributed by atoms with Crippen molar-refractivity contribution in [3.8, 4) is 0 Å². The first kappa shape index (κ1) is 8.21. The maximum atomic E-state index is 4.26. The summed E-state index contributed by atoms with van der Waals surface area (Å²) in [5.74, 6) is 0. The second-order valence-corrected chi connectivity index (χ2v) is 2.83. The van der Waals surface area contributed by atoms with Crippen molar-refractivity contribution in [3.63, 3.8) is 0 Å². The van der Waals surface area contributed by atoms with E-state index in [2.05, 4.69) is 24.5 Å². The molecule has 2 heteroatoms. The molecule has 0 fully saturated rings. The van der Waals surface area contributed by atoms with Crippen molar-refractivity contribution >= 4 is 18.3 Å². The minimum absolute atomic E-state index is 1.01. The van der Waals surface area contributed by atoms with E-state index in [0.29, 0.717) is 0 Å². The molecule has 0 spiro atoms. The van der Waals surface area contributed by atoms with Gasteiger partial charge in [-0.15, -0.1) is 12.6 Å². The fourth-order valence-electron chi connectivity index (χ4n) is 0.863. The molecule has 58 valence electrons. The summed E-state index contributed by atoms with van der Waals surface area (Å²) in [7, 11) is 0. The van der Waals surface area contributed by atoms with Crippen LogP contribution < -0.4 is 5.32 Å². The van der Waals surface area contributed by atoms with Crippen LogP contribution in [0.3, 0.4) is 0 Å². The van der Waals surface area contributed by atoms with Crippen LogP contribution in [0.5, 0.6) is 0 Å². The van der Waals surface area contributed by atoms with Crippen LogP contribution in [-0.2, 0) is 0 Å². The summed E-state index contributed by atoms with van der Waals surface area (Å²) in [6.07, 6.45) is 1.66. The van der Waals surface area contributed by atoms with Crippen LogP contribution in [0.15, 0.2) is 35.9 Å². The van der Waals surface area contributed by atoms with E-state index in [-0.39, 0.29) is 0 Å². The van der Waals surface area contributed by atoms with E-state index in [1.54, 1.807) is 6.20 Å². The standard InChI is InChI=1S/C9H11NS/c1-3-10-8-4-5-9(11)7(2)6-8/h3-6,10-11H,1H2,2H3. The second kappa shape index (κ2) is 3.49. The average Bonchev–Trinajstić information content (AvgIpc) is 1.98. The van der Waals surface area contributed by atoms with Crippen LogP contribution >= 0.6 is 12.6 Å². The topological polar surface area (TPSA) is 12.0 Å². The monoisotopic (exact) mass is 165 g/mol. The van der Waals surface area contributed by atoms with Crippen LogP contribution in [0, 0.1) is 6.92 Å². The predicted octanol–water partition coefficient (Wildman–Crippen LogP) is 2.84. The van der Waals surface area contributed by atoms with Crippen LogP contribution in [0.1, 0.15) is 5.56 Å². The first-order valence-electron chi connectivity index (χ1n) is 3.41. The zero-order valence-corrected chi connectivity index (χ0v) is 7.36. The molecular weight excluding hydrogens is 154 g/mol. The molecule has 0 heterocycles. The predicted molar refractivity (Wildman–Crippen MR) is 52.3 cm³/mol. The Morgan fingerprint density at radius 2 is 2.27 bits per heavy atom.